The third-order valence-corrected chi connectivity index (χ3v) is 4.46. The van der Waals surface area contributed by atoms with Gasteiger partial charge < -0.3 is 5.32 Å². The van der Waals surface area contributed by atoms with E-state index in [0.717, 1.165) is 23.7 Å². The Labute approximate surface area is 139 Å². The summed E-state index contributed by atoms with van der Waals surface area (Å²) in [5, 5.41) is 8.49. The van der Waals surface area contributed by atoms with Gasteiger partial charge in [0.15, 0.2) is 5.69 Å². The van der Waals surface area contributed by atoms with E-state index in [1.54, 1.807) is 4.68 Å². The number of benzene rings is 1. The lowest BCUT2D eigenvalue weighted by atomic mass is 10.0. The van der Waals surface area contributed by atoms with Gasteiger partial charge in [-0.1, -0.05) is 64.2 Å². The molecule has 4 heteroatoms. The number of fused-ring (bicyclic) bond motifs is 1. The molecule has 2 aromatic rings. The molecule has 1 heterocycles. The summed E-state index contributed by atoms with van der Waals surface area (Å²) < 4.78 is 1.77. The van der Waals surface area contributed by atoms with Gasteiger partial charge in [-0.15, -0.1) is 0 Å². The van der Waals surface area contributed by atoms with Crippen LogP contribution in [0.3, 0.4) is 0 Å². The molecule has 1 atom stereocenters. The Morgan fingerprint density at radius 3 is 2.65 bits per heavy atom. The van der Waals surface area contributed by atoms with Crippen LogP contribution in [0.2, 0.25) is 0 Å². The molecule has 0 saturated heterocycles. The molecule has 126 valence electrons. The van der Waals surface area contributed by atoms with Crippen molar-refractivity contribution in [3.63, 3.8) is 0 Å². The van der Waals surface area contributed by atoms with E-state index in [0.29, 0.717) is 5.69 Å². The normalized spacial score (nSPS) is 12.5. The molecular formula is C19H29N3O. The number of nitrogens with zero attached hydrogens (tertiary/aromatic N) is 2. The predicted molar refractivity (Wildman–Crippen MR) is 95.6 cm³/mol. The summed E-state index contributed by atoms with van der Waals surface area (Å²) in [4.78, 5) is 12.6. The molecule has 1 unspecified atom stereocenters. The van der Waals surface area contributed by atoms with Crippen molar-refractivity contribution in [2.24, 2.45) is 7.05 Å². The molecule has 0 spiro atoms. The van der Waals surface area contributed by atoms with Gasteiger partial charge in [-0.2, -0.15) is 5.10 Å². The van der Waals surface area contributed by atoms with E-state index in [4.69, 9.17) is 0 Å². The topological polar surface area (TPSA) is 46.9 Å². The lowest BCUT2D eigenvalue weighted by Crippen LogP contribution is -2.34. The number of unbranched alkanes of at least 4 members (excludes halogenated alkanes) is 4. The zero-order chi connectivity index (χ0) is 16.7. The van der Waals surface area contributed by atoms with E-state index in [1.807, 2.05) is 31.3 Å². The third kappa shape index (κ3) is 4.57. The van der Waals surface area contributed by atoms with Crippen LogP contribution >= 0.6 is 0 Å². The van der Waals surface area contributed by atoms with Crippen LogP contribution < -0.4 is 5.32 Å². The summed E-state index contributed by atoms with van der Waals surface area (Å²) in [6, 6.07) is 8.11. The Bertz CT molecular complexity index is 633. The van der Waals surface area contributed by atoms with Crippen LogP contribution in [0.1, 0.15) is 69.3 Å². The number of aryl methyl sites for hydroxylation is 1. The zero-order valence-electron chi connectivity index (χ0n) is 14.6. The van der Waals surface area contributed by atoms with Gasteiger partial charge in [0.1, 0.15) is 0 Å². The van der Waals surface area contributed by atoms with Gasteiger partial charge in [-0.3, -0.25) is 9.48 Å². The summed E-state index contributed by atoms with van der Waals surface area (Å²) in [5.74, 6) is -0.0535. The van der Waals surface area contributed by atoms with Crippen molar-refractivity contribution < 1.29 is 4.79 Å². The van der Waals surface area contributed by atoms with Crippen LogP contribution in [0.4, 0.5) is 0 Å². The Balaban J connectivity index is 1.96. The fraction of sp³-hybridized carbons (Fsp3) is 0.579. The van der Waals surface area contributed by atoms with Crippen molar-refractivity contribution in [1.82, 2.24) is 15.1 Å². The number of para-hydroxylation sites is 1. The van der Waals surface area contributed by atoms with Crippen molar-refractivity contribution in [1.29, 1.82) is 0 Å². The van der Waals surface area contributed by atoms with Crippen molar-refractivity contribution >= 4 is 16.8 Å². The fourth-order valence-electron chi connectivity index (χ4n) is 3.01. The van der Waals surface area contributed by atoms with Gasteiger partial charge in [-0.25, -0.2) is 0 Å². The second-order valence-corrected chi connectivity index (χ2v) is 6.27. The van der Waals surface area contributed by atoms with E-state index in [1.165, 1.54) is 32.1 Å². The fourth-order valence-corrected chi connectivity index (χ4v) is 3.01. The molecule has 1 amide bonds. The zero-order valence-corrected chi connectivity index (χ0v) is 14.6. The van der Waals surface area contributed by atoms with Crippen molar-refractivity contribution in [2.45, 2.75) is 64.8 Å². The molecule has 0 saturated carbocycles. The number of amides is 1. The maximum atomic E-state index is 12.6. The van der Waals surface area contributed by atoms with Crippen molar-refractivity contribution in [3.8, 4) is 0 Å². The molecule has 1 aromatic heterocycles. The minimum absolute atomic E-state index is 0.0535. The lowest BCUT2D eigenvalue weighted by Gasteiger charge is -2.16. The molecule has 4 nitrogen and oxygen atoms in total. The number of hydrogen-bond acceptors (Lipinski definition) is 2. The molecule has 0 aliphatic heterocycles. The van der Waals surface area contributed by atoms with E-state index < -0.39 is 0 Å². The second-order valence-electron chi connectivity index (χ2n) is 6.27. The molecule has 0 fully saturated rings. The number of hydrogen-bond donors (Lipinski definition) is 1. The van der Waals surface area contributed by atoms with Crippen LogP contribution in [0.15, 0.2) is 24.3 Å². The van der Waals surface area contributed by atoms with Gasteiger partial charge in [0.25, 0.3) is 5.91 Å². The molecule has 0 bridgehead atoms. The Morgan fingerprint density at radius 2 is 1.91 bits per heavy atom. The first kappa shape index (κ1) is 17.5. The van der Waals surface area contributed by atoms with Crippen LogP contribution in [-0.2, 0) is 7.05 Å². The first-order valence-corrected chi connectivity index (χ1v) is 8.90. The summed E-state index contributed by atoms with van der Waals surface area (Å²) >= 11 is 0. The number of carbonyl (C=O) groups is 1. The Morgan fingerprint density at radius 1 is 1.17 bits per heavy atom. The molecule has 0 radical (unpaired) electrons. The van der Waals surface area contributed by atoms with Gasteiger partial charge >= 0.3 is 0 Å². The van der Waals surface area contributed by atoms with Crippen molar-refractivity contribution in [3.05, 3.63) is 30.0 Å². The minimum atomic E-state index is -0.0535. The highest BCUT2D eigenvalue weighted by Crippen LogP contribution is 2.18. The van der Waals surface area contributed by atoms with Crippen LogP contribution in [0, 0.1) is 0 Å². The first-order valence-electron chi connectivity index (χ1n) is 8.90. The van der Waals surface area contributed by atoms with E-state index in [9.17, 15) is 4.79 Å². The highest BCUT2D eigenvalue weighted by Gasteiger charge is 2.18. The molecule has 23 heavy (non-hydrogen) atoms. The highest BCUT2D eigenvalue weighted by atomic mass is 16.2. The smallest absolute Gasteiger partial charge is 0.272 e. The summed E-state index contributed by atoms with van der Waals surface area (Å²) in [5.41, 5.74) is 1.53. The summed E-state index contributed by atoms with van der Waals surface area (Å²) in [7, 11) is 1.88. The number of aromatic nitrogens is 2. The molecular weight excluding hydrogens is 286 g/mol. The van der Waals surface area contributed by atoms with E-state index >= 15 is 0 Å². The maximum Gasteiger partial charge on any atom is 0.272 e. The molecule has 1 aromatic carbocycles. The Hall–Kier alpha value is -1.84. The largest absolute Gasteiger partial charge is 0.348 e. The van der Waals surface area contributed by atoms with Gasteiger partial charge in [-0.05, 0) is 18.9 Å². The average Bonchev–Trinajstić information content (AvgIpc) is 2.91. The summed E-state index contributed by atoms with van der Waals surface area (Å²) in [6.07, 6.45) is 8.32. The SMILES string of the molecule is CCCCCCCC(CC)NC(=O)c1nn(C)c2ccccc12. The van der Waals surface area contributed by atoms with E-state index in [2.05, 4.69) is 24.3 Å². The van der Waals surface area contributed by atoms with Crippen LogP contribution in [0.25, 0.3) is 10.9 Å². The standard InChI is InChI=1S/C19H29N3O/c1-4-6-7-8-9-12-15(5-2)20-19(23)18-16-13-10-11-14-17(16)22(3)21-18/h10-11,13-15H,4-9,12H2,1-3H3,(H,20,23). The molecule has 2 rings (SSSR count). The minimum Gasteiger partial charge on any atom is -0.348 e. The van der Waals surface area contributed by atoms with Gasteiger partial charge in [0, 0.05) is 18.5 Å². The van der Waals surface area contributed by atoms with Crippen LogP contribution in [-0.4, -0.2) is 21.7 Å². The van der Waals surface area contributed by atoms with E-state index in [-0.39, 0.29) is 11.9 Å². The number of nitrogens with one attached hydrogen (secondary N) is 1. The quantitative estimate of drug-likeness (QED) is 0.695. The third-order valence-electron chi connectivity index (χ3n) is 4.46. The number of carbonyl (C=O) groups excluding carboxylic acids is 1. The highest BCUT2D eigenvalue weighted by molar-refractivity contribution is 6.04. The molecule has 1 N–H and O–H groups in total. The second kappa shape index (κ2) is 8.70. The molecule has 0 aliphatic carbocycles. The predicted octanol–water partition coefficient (Wildman–Crippen LogP) is 4.44. The van der Waals surface area contributed by atoms with Gasteiger partial charge in [0.2, 0.25) is 0 Å². The van der Waals surface area contributed by atoms with Crippen molar-refractivity contribution in [2.75, 3.05) is 0 Å². The average molecular weight is 315 g/mol. The Kier molecular flexibility index (Phi) is 6.63. The monoisotopic (exact) mass is 315 g/mol. The summed E-state index contributed by atoms with van der Waals surface area (Å²) in [6.45, 7) is 4.36. The molecule has 0 aliphatic rings. The maximum absolute atomic E-state index is 12.6. The first-order chi connectivity index (χ1) is 11.2. The number of rotatable bonds is 9. The lowest BCUT2D eigenvalue weighted by molar-refractivity contribution is 0.0929. The van der Waals surface area contributed by atoms with Gasteiger partial charge in [0.05, 0.1) is 5.52 Å². The van der Waals surface area contributed by atoms with Crippen LogP contribution in [0.5, 0.6) is 0 Å².